The molecule has 4 rings (SSSR count). The van der Waals surface area contributed by atoms with Gasteiger partial charge in [0.05, 0.1) is 18.2 Å². The third kappa shape index (κ3) is 3.13. The molecule has 0 spiro atoms. The number of rotatable bonds is 3. The number of methoxy groups -OCH3 is 1. The summed E-state index contributed by atoms with van der Waals surface area (Å²) in [7, 11) is 1.24. The van der Waals surface area contributed by atoms with Gasteiger partial charge in [-0.1, -0.05) is 43.2 Å². The van der Waals surface area contributed by atoms with E-state index < -0.39 is 5.97 Å². The number of hydrogen-bond donors (Lipinski definition) is 1. The lowest BCUT2D eigenvalue weighted by molar-refractivity contribution is 0.0590. The van der Waals surface area contributed by atoms with E-state index in [1.165, 1.54) is 7.11 Å². The molecule has 0 atom stereocenters. The number of aryl methyl sites for hydroxylation is 1. The molecule has 6 nitrogen and oxygen atoms in total. The molecule has 1 N–H and O–H groups in total. The summed E-state index contributed by atoms with van der Waals surface area (Å²) in [5.41, 5.74) is 2.14. The Morgan fingerprint density at radius 1 is 1.24 bits per heavy atom. The second-order valence-corrected chi connectivity index (χ2v) is 8.05. The molecule has 0 saturated heterocycles. The van der Waals surface area contributed by atoms with Crippen molar-refractivity contribution in [2.45, 2.75) is 38.6 Å². The zero-order valence-corrected chi connectivity index (χ0v) is 17.8. The lowest BCUT2D eigenvalue weighted by Crippen LogP contribution is -2.27. The Balaban J connectivity index is 2.19. The van der Waals surface area contributed by atoms with E-state index in [1.807, 2.05) is 30.3 Å². The van der Waals surface area contributed by atoms with Crippen molar-refractivity contribution < 1.29 is 14.6 Å². The summed E-state index contributed by atoms with van der Waals surface area (Å²) >= 11 is 3.44. The van der Waals surface area contributed by atoms with Crippen LogP contribution in [0.1, 0.15) is 47.8 Å². The van der Waals surface area contributed by atoms with E-state index in [2.05, 4.69) is 20.9 Å². The number of benzene rings is 1. The molecule has 2 heterocycles. The van der Waals surface area contributed by atoms with Crippen molar-refractivity contribution >= 4 is 32.8 Å². The third-order valence-electron chi connectivity index (χ3n) is 5.66. The fraction of sp³-hybridized carbons (Fsp3) is 0.318. The maximum Gasteiger partial charge on any atom is 0.360 e. The number of ether oxygens (including phenoxy) is 1. The number of carbonyl (C=O) groups is 1. The summed E-state index contributed by atoms with van der Waals surface area (Å²) < 4.78 is 6.87. The van der Waals surface area contributed by atoms with Crippen molar-refractivity contribution in [3.8, 4) is 16.9 Å². The van der Waals surface area contributed by atoms with Crippen molar-refractivity contribution in [3.63, 3.8) is 0 Å². The Kier molecular flexibility index (Phi) is 5.17. The summed E-state index contributed by atoms with van der Waals surface area (Å²) in [4.78, 5) is 30.1. The largest absolute Gasteiger partial charge is 0.505 e. The fourth-order valence-corrected chi connectivity index (χ4v) is 4.88. The predicted octanol–water partition coefficient (Wildman–Crippen LogP) is 4.74. The minimum Gasteiger partial charge on any atom is -0.505 e. The number of hydrogen-bond acceptors (Lipinski definition) is 5. The molecule has 1 saturated carbocycles. The highest BCUT2D eigenvalue weighted by molar-refractivity contribution is 9.10. The second kappa shape index (κ2) is 7.63. The number of aromatic hydroxyl groups is 1. The molecule has 1 aliphatic rings. The van der Waals surface area contributed by atoms with E-state index in [4.69, 9.17) is 4.74 Å². The highest BCUT2D eigenvalue weighted by atomic mass is 79.9. The molecule has 3 aromatic rings. The molecule has 0 unspecified atom stereocenters. The molecular formula is C22H21BrN2O4. The zero-order valence-electron chi connectivity index (χ0n) is 16.2. The van der Waals surface area contributed by atoms with Crippen LogP contribution in [-0.4, -0.2) is 27.7 Å². The molecule has 0 bridgehead atoms. The Bertz CT molecular complexity index is 1170. The van der Waals surface area contributed by atoms with Crippen molar-refractivity contribution in [1.29, 1.82) is 0 Å². The average molecular weight is 457 g/mol. The van der Waals surface area contributed by atoms with Crippen LogP contribution in [0.3, 0.4) is 0 Å². The number of pyridine rings is 2. The van der Waals surface area contributed by atoms with Crippen LogP contribution in [-0.2, 0) is 4.74 Å². The lowest BCUT2D eigenvalue weighted by atomic mass is 9.97. The molecule has 1 aromatic carbocycles. The first kappa shape index (κ1) is 19.6. The van der Waals surface area contributed by atoms with Gasteiger partial charge in [-0.25, -0.2) is 9.78 Å². The van der Waals surface area contributed by atoms with E-state index in [1.54, 1.807) is 11.5 Å². The van der Waals surface area contributed by atoms with Crippen molar-refractivity contribution in [2.24, 2.45) is 0 Å². The summed E-state index contributed by atoms with van der Waals surface area (Å²) in [6, 6.07) is 9.42. The SMILES string of the molecule is COC(=O)c1nc(Br)c2c(c(C)c(-c3ccccc3)c(=O)n2C2CCCC2)c1O. The molecule has 0 aliphatic heterocycles. The smallest absolute Gasteiger partial charge is 0.360 e. The van der Waals surface area contributed by atoms with E-state index in [0.717, 1.165) is 31.2 Å². The van der Waals surface area contributed by atoms with Gasteiger partial charge >= 0.3 is 5.97 Å². The first-order valence-electron chi connectivity index (χ1n) is 9.56. The number of nitrogens with zero attached hydrogens (tertiary/aromatic N) is 2. The quantitative estimate of drug-likeness (QED) is 0.454. The van der Waals surface area contributed by atoms with Gasteiger partial charge in [0.1, 0.15) is 4.60 Å². The first-order valence-corrected chi connectivity index (χ1v) is 10.4. The molecule has 2 aromatic heterocycles. The van der Waals surface area contributed by atoms with Gasteiger partial charge in [-0.15, -0.1) is 0 Å². The van der Waals surface area contributed by atoms with Gasteiger partial charge in [-0.05, 0) is 46.8 Å². The zero-order chi connectivity index (χ0) is 20.7. The van der Waals surface area contributed by atoms with Crippen LogP contribution in [0.4, 0.5) is 0 Å². The summed E-state index contributed by atoms with van der Waals surface area (Å²) in [5, 5.41) is 11.4. The Hall–Kier alpha value is -2.67. The first-order chi connectivity index (χ1) is 14.0. The van der Waals surface area contributed by atoms with Crippen molar-refractivity contribution in [1.82, 2.24) is 9.55 Å². The highest BCUT2D eigenvalue weighted by Crippen LogP contribution is 2.40. The number of esters is 1. The van der Waals surface area contributed by atoms with Crippen molar-refractivity contribution in [2.75, 3.05) is 7.11 Å². The maximum atomic E-state index is 13.7. The van der Waals surface area contributed by atoms with Crippen LogP contribution in [0.2, 0.25) is 0 Å². The Morgan fingerprint density at radius 3 is 2.52 bits per heavy atom. The highest BCUT2D eigenvalue weighted by Gasteiger charge is 2.29. The van der Waals surface area contributed by atoms with Gasteiger partial charge < -0.3 is 14.4 Å². The van der Waals surface area contributed by atoms with Crippen LogP contribution in [0.25, 0.3) is 22.0 Å². The molecule has 29 heavy (non-hydrogen) atoms. The minimum atomic E-state index is -0.732. The third-order valence-corrected chi connectivity index (χ3v) is 6.21. The van der Waals surface area contributed by atoms with Gasteiger partial charge in [0.2, 0.25) is 0 Å². The Labute approximate surface area is 176 Å². The number of aromatic nitrogens is 2. The number of carbonyl (C=O) groups excluding carboxylic acids is 1. The van der Waals surface area contributed by atoms with Gasteiger partial charge in [0.25, 0.3) is 5.56 Å². The molecule has 7 heteroatoms. The van der Waals surface area contributed by atoms with E-state index in [-0.39, 0.29) is 23.0 Å². The number of fused-ring (bicyclic) bond motifs is 1. The fourth-order valence-electron chi connectivity index (χ4n) is 4.31. The molecule has 0 radical (unpaired) electrons. The summed E-state index contributed by atoms with van der Waals surface area (Å²) in [6.45, 7) is 1.79. The van der Waals surface area contributed by atoms with Crippen LogP contribution >= 0.6 is 15.9 Å². The molecule has 1 fully saturated rings. The molecular weight excluding hydrogens is 436 g/mol. The normalized spacial score (nSPS) is 14.4. The van der Waals surface area contributed by atoms with Gasteiger partial charge in [0.15, 0.2) is 11.4 Å². The lowest BCUT2D eigenvalue weighted by Gasteiger charge is -2.22. The van der Waals surface area contributed by atoms with E-state index in [0.29, 0.717) is 26.6 Å². The second-order valence-electron chi connectivity index (χ2n) is 7.29. The van der Waals surface area contributed by atoms with Crippen LogP contribution in [0, 0.1) is 6.92 Å². The van der Waals surface area contributed by atoms with Crippen LogP contribution < -0.4 is 5.56 Å². The maximum absolute atomic E-state index is 13.7. The van der Waals surface area contributed by atoms with Crippen LogP contribution in [0.5, 0.6) is 5.75 Å². The van der Waals surface area contributed by atoms with Gasteiger partial charge in [0, 0.05) is 11.4 Å². The van der Waals surface area contributed by atoms with Gasteiger partial charge in [-0.3, -0.25) is 4.79 Å². The molecule has 0 amide bonds. The topological polar surface area (TPSA) is 81.4 Å². The predicted molar refractivity (Wildman–Crippen MR) is 114 cm³/mol. The molecule has 150 valence electrons. The standard InChI is InChI=1S/C22H21BrN2O4/c1-12-15(13-8-4-3-5-9-13)21(27)25(14-10-6-7-11-14)18-16(12)19(26)17(22(28)29-2)24-20(18)23/h3-5,8-9,14,26H,6-7,10-11H2,1-2H3. The minimum absolute atomic E-state index is 0.0227. The van der Waals surface area contributed by atoms with Crippen molar-refractivity contribution in [3.05, 3.63) is 56.5 Å². The van der Waals surface area contributed by atoms with Crippen LogP contribution in [0.15, 0.2) is 39.7 Å². The average Bonchev–Trinajstić information content (AvgIpc) is 3.25. The monoisotopic (exact) mass is 456 g/mol. The van der Waals surface area contributed by atoms with E-state index >= 15 is 0 Å². The van der Waals surface area contributed by atoms with E-state index in [9.17, 15) is 14.7 Å². The summed E-state index contributed by atoms with van der Waals surface area (Å²) in [6.07, 6.45) is 3.87. The number of halogens is 1. The molecule has 1 aliphatic carbocycles. The van der Waals surface area contributed by atoms with Gasteiger partial charge in [-0.2, -0.15) is 0 Å². The summed E-state index contributed by atoms with van der Waals surface area (Å²) in [5.74, 6) is -0.999. The Morgan fingerprint density at radius 2 is 1.90 bits per heavy atom.